The van der Waals surface area contributed by atoms with E-state index < -0.39 is 16.8 Å². The van der Waals surface area contributed by atoms with E-state index in [2.05, 4.69) is 4.98 Å². The number of halogens is 3. The van der Waals surface area contributed by atoms with Crippen molar-refractivity contribution in [2.24, 2.45) is 0 Å². The van der Waals surface area contributed by atoms with E-state index in [1.54, 1.807) is 0 Å². The summed E-state index contributed by atoms with van der Waals surface area (Å²) >= 11 is 0.525. The maximum absolute atomic E-state index is 12.3. The molecule has 1 unspecified atom stereocenters. The summed E-state index contributed by atoms with van der Waals surface area (Å²) in [6.07, 6.45) is -2.85. The SMILES string of the molecule is CN1CCC(O)(c2cnc(C(F)(F)F)s2)C1. The maximum atomic E-state index is 12.3. The lowest BCUT2D eigenvalue weighted by molar-refractivity contribution is -0.137. The highest BCUT2D eigenvalue weighted by molar-refractivity contribution is 7.11. The van der Waals surface area contributed by atoms with Crippen LogP contribution in [0.2, 0.25) is 0 Å². The average Bonchev–Trinajstić information content (AvgIpc) is 2.71. The van der Waals surface area contributed by atoms with E-state index >= 15 is 0 Å². The number of rotatable bonds is 1. The van der Waals surface area contributed by atoms with Crippen molar-refractivity contribution in [2.75, 3.05) is 20.1 Å². The van der Waals surface area contributed by atoms with Gasteiger partial charge in [0.05, 0.1) is 4.88 Å². The Balaban J connectivity index is 2.25. The van der Waals surface area contributed by atoms with Crippen LogP contribution in [0.4, 0.5) is 13.2 Å². The summed E-state index contributed by atoms with van der Waals surface area (Å²) in [6, 6.07) is 0. The maximum Gasteiger partial charge on any atom is 0.443 e. The Hall–Kier alpha value is -0.660. The summed E-state index contributed by atoms with van der Waals surface area (Å²) in [5.41, 5.74) is -1.17. The van der Waals surface area contributed by atoms with Crippen LogP contribution in [0.3, 0.4) is 0 Å². The zero-order valence-electron chi connectivity index (χ0n) is 8.58. The molecule has 0 aromatic carbocycles. The van der Waals surface area contributed by atoms with Crippen LogP contribution in [0.5, 0.6) is 0 Å². The van der Waals surface area contributed by atoms with Crippen molar-refractivity contribution < 1.29 is 18.3 Å². The van der Waals surface area contributed by atoms with Crippen molar-refractivity contribution in [2.45, 2.75) is 18.2 Å². The number of alkyl halides is 3. The van der Waals surface area contributed by atoms with Crippen molar-refractivity contribution in [3.05, 3.63) is 16.1 Å². The normalized spacial score (nSPS) is 27.6. The predicted molar refractivity (Wildman–Crippen MR) is 53.1 cm³/mol. The number of nitrogens with zero attached hydrogens (tertiary/aromatic N) is 2. The van der Waals surface area contributed by atoms with Crippen molar-refractivity contribution in [3.63, 3.8) is 0 Å². The molecule has 0 radical (unpaired) electrons. The van der Waals surface area contributed by atoms with Gasteiger partial charge in [0.2, 0.25) is 0 Å². The number of thiazole rings is 1. The van der Waals surface area contributed by atoms with E-state index in [4.69, 9.17) is 0 Å². The van der Waals surface area contributed by atoms with Gasteiger partial charge in [-0.15, -0.1) is 11.3 Å². The van der Waals surface area contributed by atoms with Gasteiger partial charge < -0.3 is 10.0 Å². The van der Waals surface area contributed by atoms with Gasteiger partial charge in [-0.1, -0.05) is 0 Å². The summed E-state index contributed by atoms with van der Waals surface area (Å²) in [5, 5.41) is 9.28. The van der Waals surface area contributed by atoms with E-state index in [0.29, 0.717) is 35.7 Å². The molecular formula is C9H11F3N2OS. The highest BCUT2D eigenvalue weighted by Gasteiger charge is 2.41. The molecule has 2 heterocycles. The number of β-amino-alcohol motifs (C(OH)–C–C–N with tert-alkyl or cyclic N) is 1. The third-order valence-corrected chi connectivity index (χ3v) is 3.88. The largest absolute Gasteiger partial charge is 0.443 e. The molecular weight excluding hydrogens is 241 g/mol. The predicted octanol–water partition coefficient (Wildman–Crippen LogP) is 1.68. The van der Waals surface area contributed by atoms with Gasteiger partial charge in [-0.2, -0.15) is 13.2 Å². The Morgan fingerprint density at radius 1 is 1.56 bits per heavy atom. The van der Waals surface area contributed by atoms with E-state index in [0.717, 1.165) is 6.20 Å². The first-order valence-corrected chi connectivity index (χ1v) is 5.57. The van der Waals surface area contributed by atoms with Crippen molar-refractivity contribution >= 4 is 11.3 Å². The van der Waals surface area contributed by atoms with Gasteiger partial charge in [-0.25, -0.2) is 4.98 Å². The Bertz CT molecular complexity index is 392. The summed E-state index contributed by atoms with van der Waals surface area (Å²) in [4.78, 5) is 5.49. The van der Waals surface area contributed by atoms with Crippen LogP contribution in [0.25, 0.3) is 0 Å². The molecule has 1 aromatic rings. The number of likely N-dealkylation sites (tertiary alicyclic amines) is 1. The minimum Gasteiger partial charge on any atom is -0.383 e. The minimum absolute atomic E-state index is 0.296. The van der Waals surface area contributed by atoms with Crippen LogP contribution in [0, 0.1) is 0 Å². The van der Waals surface area contributed by atoms with Gasteiger partial charge in [0.15, 0.2) is 5.01 Å². The van der Waals surface area contributed by atoms with Crippen molar-refractivity contribution in [1.82, 2.24) is 9.88 Å². The fourth-order valence-corrected chi connectivity index (χ4v) is 2.69. The second kappa shape index (κ2) is 3.68. The number of aromatic nitrogens is 1. The molecule has 1 saturated heterocycles. The topological polar surface area (TPSA) is 36.4 Å². The molecule has 1 aromatic heterocycles. The molecule has 0 amide bonds. The van der Waals surface area contributed by atoms with Gasteiger partial charge in [-0.05, 0) is 13.5 Å². The molecule has 0 spiro atoms. The molecule has 2 rings (SSSR count). The zero-order valence-corrected chi connectivity index (χ0v) is 9.40. The Kier molecular flexibility index (Phi) is 2.72. The quantitative estimate of drug-likeness (QED) is 0.826. The summed E-state index contributed by atoms with van der Waals surface area (Å²) in [5.74, 6) is 0. The third kappa shape index (κ3) is 2.07. The van der Waals surface area contributed by atoms with Gasteiger partial charge in [0, 0.05) is 19.3 Å². The molecule has 0 bridgehead atoms. The standard InChI is InChI=1S/C9H11F3N2OS/c1-14-3-2-8(15,5-14)6-4-13-7(16-6)9(10,11)12/h4,15H,2-3,5H2,1H3. The van der Waals surface area contributed by atoms with Crippen LogP contribution in [-0.4, -0.2) is 35.1 Å². The molecule has 16 heavy (non-hydrogen) atoms. The van der Waals surface area contributed by atoms with E-state index in [1.165, 1.54) is 0 Å². The lowest BCUT2D eigenvalue weighted by atomic mass is 10.0. The molecule has 0 saturated carbocycles. The third-order valence-electron chi connectivity index (χ3n) is 2.65. The zero-order chi connectivity index (χ0) is 12.0. The van der Waals surface area contributed by atoms with Crippen LogP contribution < -0.4 is 0 Å². The molecule has 1 aliphatic rings. The van der Waals surface area contributed by atoms with Crippen LogP contribution >= 0.6 is 11.3 Å². The fourth-order valence-electron chi connectivity index (χ4n) is 1.80. The smallest absolute Gasteiger partial charge is 0.383 e. The number of hydrogen-bond donors (Lipinski definition) is 1. The second-order valence-corrected chi connectivity index (χ2v) is 5.08. The molecule has 7 heteroatoms. The van der Waals surface area contributed by atoms with Gasteiger partial charge in [0.1, 0.15) is 5.60 Å². The molecule has 1 aliphatic heterocycles. The van der Waals surface area contributed by atoms with E-state index in [1.807, 2.05) is 11.9 Å². The lowest BCUT2D eigenvalue weighted by Gasteiger charge is -2.19. The summed E-state index contributed by atoms with van der Waals surface area (Å²) in [6.45, 7) is 1.03. The molecule has 0 aliphatic carbocycles. The molecule has 1 fully saturated rings. The summed E-state index contributed by atoms with van der Waals surface area (Å²) < 4.78 is 37.0. The first kappa shape index (κ1) is 11.8. The molecule has 1 atom stereocenters. The second-order valence-electron chi connectivity index (χ2n) is 4.05. The number of likely N-dealkylation sites (N-methyl/N-ethyl adjacent to an activating group) is 1. The monoisotopic (exact) mass is 252 g/mol. The molecule has 1 N–H and O–H groups in total. The fraction of sp³-hybridized carbons (Fsp3) is 0.667. The Morgan fingerprint density at radius 3 is 2.69 bits per heavy atom. The van der Waals surface area contributed by atoms with Crippen LogP contribution in [0.1, 0.15) is 16.3 Å². The van der Waals surface area contributed by atoms with Crippen LogP contribution in [0.15, 0.2) is 6.20 Å². The lowest BCUT2D eigenvalue weighted by Crippen LogP contribution is -2.28. The van der Waals surface area contributed by atoms with Crippen molar-refractivity contribution in [3.8, 4) is 0 Å². The molecule has 3 nitrogen and oxygen atoms in total. The first-order chi connectivity index (χ1) is 7.31. The van der Waals surface area contributed by atoms with Crippen molar-refractivity contribution in [1.29, 1.82) is 0 Å². The minimum atomic E-state index is -4.43. The first-order valence-electron chi connectivity index (χ1n) is 4.76. The van der Waals surface area contributed by atoms with E-state index in [9.17, 15) is 18.3 Å². The Morgan fingerprint density at radius 2 is 2.25 bits per heavy atom. The highest BCUT2D eigenvalue weighted by Crippen LogP contribution is 2.39. The van der Waals surface area contributed by atoms with Gasteiger partial charge >= 0.3 is 6.18 Å². The highest BCUT2D eigenvalue weighted by atomic mass is 32.1. The average molecular weight is 252 g/mol. The van der Waals surface area contributed by atoms with Gasteiger partial charge in [-0.3, -0.25) is 0 Å². The molecule has 90 valence electrons. The van der Waals surface area contributed by atoms with E-state index in [-0.39, 0.29) is 0 Å². The number of hydrogen-bond acceptors (Lipinski definition) is 4. The summed E-state index contributed by atoms with van der Waals surface area (Å²) in [7, 11) is 1.82. The van der Waals surface area contributed by atoms with Gasteiger partial charge in [0.25, 0.3) is 0 Å². The number of aliphatic hydroxyl groups is 1. The Labute approximate surface area is 94.5 Å². The van der Waals surface area contributed by atoms with Crippen LogP contribution in [-0.2, 0) is 11.8 Å².